The van der Waals surface area contributed by atoms with Crippen LogP contribution in [0.5, 0.6) is 0 Å². The van der Waals surface area contributed by atoms with Crippen molar-refractivity contribution in [1.29, 1.82) is 0 Å². The summed E-state index contributed by atoms with van der Waals surface area (Å²) in [4.78, 5) is 13.2. The summed E-state index contributed by atoms with van der Waals surface area (Å²) in [5.41, 5.74) is 0.353. The summed E-state index contributed by atoms with van der Waals surface area (Å²) in [6, 6.07) is 9.51. The van der Waals surface area contributed by atoms with Crippen LogP contribution in [-0.4, -0.2) is 5.78 Å². The predicted molar refractivity (Wildman–Crippen MR) is 111 cm³/mol. The number of Topliss-reactive ketones (excluding diaryl/α,β-unsaturated/α-hetero) is 1. The normalized spacial score (nSPS) is 19.6. The SMILES string of the molecule is CC1(C)CC(=O)C2=C(C1)c1c(ccc3ccccc13)N[C@@H]2c1c(F)c(F)c(F)c(F)c1F. The molecule has 0 aromatic heterocycles. The second-order valence-corrected chi connectivity index (χ2v) is 9.10. The number of allylic oxidation sites excluding steroid dienone is 1. The lowest BCUT2D eigenvalue weighted by molar-refractivity contribution is -0.118. The smallest absolute Gasteiger partial charge is 0.200 e. The van der Waals surface area contributed by atoms with E-state index in [1.165, 1.54) is 0 Å². The highest BCUT2D eigenvalue weighted by Crippen LogP contribution is 2.52. The Balaban J connectivity index is 1.86. The Hall–Kier alpha value is -3.22. The van der Waals surface area contributed by atoms with Crippen LogP contribution in [0.1, 0.15) is 43.9 Å². The first kappa shape index (κ1) is 20.7. The standard InChI is InChI=1S/C25H18F5NO/c1-25(2)9-13-16-12-6-4-3-5-11(12)7-8-14(16)31-24(17(13)15(32)10-25)18-19(26)21(28)23(30)22(29)20(18)27/h3-8,24,31H,9-10H2,1-2H3/t24-/m0/s1. The summed E-state index contributed by atoms with van der Waals surface area (Å²) < 4.78 is 71.2. The van der Waals surface area contributed by atoms with Gasteiger partial charge in [0.2, 0.25) is 5.82 Å². The van der Waals surface area contributed by atoms with Crippen LogP contribution in [0.25, 0.3) is 16.3 Å². The lowest BCUT2D eigenvalue weighted by Crippen LogP contribution is -2.34. The second-order valence-electron chi connectivity index (χ2n) is 9.10. The molecule has 1 heterocycles. The average Bonchev–Trinajstić information content (AvgIpc) is 2.75. The summed E-state index contributed by atoms with van der Waals surface area (Å²) in [6.07, 6.45) is 0.516. The molecule has 32 heavy (non-hydrogen) atoms. The largest absolute Gasteiger partial charge is 0.373 e. The summed E-state index contributed by atoms with van der Waals surface area (Å²) in [5.74, 6) is -10.5. The zero-order chi connectivity index (χ0) is 22.9. The first-order valence-electron chi connectivity index (χ1n) is 10.2. The average molecular weight is 443 g/mol. The maximum Gasteiger partial charge on any atom is 0.200 e. The minimum Gasteiger partial charge on any atom is -0.373 e. The molecule has 0 radical (unpaired) electrons. The highest BCUT2D eigenvalue weighted by atomic mass is 19.2. The van der Waals surface area contributed by atoms with Crippen LogP contribution in [0.4, 0.5) is 27.6 Å². The molecule has 0 unspecified atom stereocenters. The predicted octanol–water partition coefficient (Wildman–Crippen LogP) is 6.84. The quantitative estimate of drug-likeness (QED) is 0.253. The molecular formula is C25H18F5NO. The highest BCUT2D eigenvalue weighted by Gasteiger charge is 2.43. The molecule has 0 spiro atoms. The van der Waals surface area contributed by atoms with Gasteiger partial charge in [0.05, 0.1) is 11.6 Å². The minimum atomic E-state index is -2.23. The first-order chi connectivity index (χ1) is 15.1. The number of halogens is 5. The zero-order valence-corrected chi connectivity index (χ0v) is 17.3. The summed E-state index contributed by atoms with van der Waals surface area (Å²) in [6.45, 7) is 3.82. The Kier molecular flexibility index (Phi) is 4.45. The van der Waals surface area contributed by atoms with Gasteiger partial charge in [-0.3, -0.25) is 4.79 Å². The Bertz CT molecular complexity index is 1330. The lowest BCUT2D eigenvalue weighted by Gasteiger charge is -2.40. The van der Waals surface area contributed by atoms with Gasteiger partial charge in [-0.15, -0.1) is 0 Å². The molecule has 0 saturated heterocycles. The van der Waals surface area contributed by atoms with E-state index in [2.05, 4.69) is 5.32 Å². The minimum absolute atomic E-state index is 0.0522. The van der Waals surface area contributed by atoms with Crippen molar-refractivity contribution in [2.45, 2.75) is 32.7 Å². The molecule has 3 aromatic rings. The Morgan fingerprint density at radius 2 is 1.47 bits per heavy atom. The van der Waals surface area contributed by atoms with Crippen LogP contribution in [0.2, 0.25) is 0 Å². The molecule has 1 N–H and O–H groups in total. The van der Waals surface area contributed by atoms with Gasteiger partial charge in [-0.25, -0.2) is 22.0 Å². The number of anilines is 1. The maximum absolute atomic E-state index is 14.8. The number of hydrogen-bond acceptors (Lipinski definition) is 2. The van der Waals surface area contributed by atoms with Gasteiger partial charge < -0.3 is 5.32 Å². The number of carbonyl (C=O) groups is 1. The van der Waals surface area contributed by atoms with Crippen LogP contribution < -0.4 is 5.32 Å². The van der Waals surface area contributed by atoms with Gasteiger partial charge in [0.1, 0.15) is 0 Å². The van der Waals surface area contributed by atoms with E-state index in [0.717, 1.165) is 16.3 Å². The Morgan fingerprint density at radius 3 is 2.16 bits per heavy atom. The number of hydrogen-bond donors (Lipinski definition) is 1. The maximum atomic E-state index is 14.8. The van der Waals surface area contributed by atoms with Crippen LogP contribution >= 0.6 is 0 Å². The molecule has 0 amide bonds. The molecule has 0 bridgehead atoms. The highest BCUT2D eigenvalue weighted by molar-refractivity contribution is 6.12. The monoisotopic (exact) mass is 443 g/mol. The fourth-order valence-electron chi connectivity index (χ4n) is 4.93. The van der Waals surface area contributed by atoms with Crippen LogP contribution in [0.3, 0.4) is 0 Å². The van der Waals surface area contributed by atoms with E-state index in [1.807, 2.05) is 38.1 Å². The lowest BCUT2D eigenvalue weighted by atomic mass is 9.67. The summed E-state index contributed by atoms with van der Waals surface area (Å²) in [7, 11) is 0. The molecule has 0 fully saturated rings. The van der Waals surface area contributed by atoms with Crippen molar-refractivity contribution < 1.29 is 26.7 Å². The van der Waals surface area contributed by atoms with Crippen molar-refractivity contribution in [3.05, 3.63) is 82.2 Å². The molecule has 2 aliphatic rings. The number of ketones is 1. The third-order valence-electron chi connectivity index (χ3n) is 6.27. The number of carbonyl (C=O) groups excluding carboxylic acids is 1. The molecule has 1 aliphatic carbocycles. The number of fused-ring (bicyclic) bond motifs is 4. The summed E-state index contributed by atoms with van der Waals surface area (Å²) in [5, 5.41) is 4.65. The molecule has 3 aromatic carbocycles. The number of benzene rings is 3. The van der Waals surface area contributed by atoms with Crippen molar-refractivity contribution in [2.24, 2.45) is 5.41 Å². The van der Waals surface area contributed by atoms with Crippen molar-refractivity contribution >= 4 is 27.8 Å². The van der Waals surface area contributed by atoms with Crippen LogP contribution in [0, 0.1) is 34.5 Å². The number of rotatable bonds is 1. The topological polar surface area (TPSA) is 29.1 Å². The van der Waals surface area contributed by atoms with E-state index >= 15 is 0 Å². The third kappa shape index (κ3) is 2.87. The molecule has 1 aliphatic heterocycles. The van der Waals surface area contributed by atoms with Gasteiger partial charge in [-0.1, -0.05) is 44.2 Å². The van der Waals surface area contributed by atoms with Crippen molar-refractivity contribution in [2.75, 3.05) is 5.32 Å². The molecule has 164 valence electrons. The van der Waals surface area contributed by atoms with Gasteiger partial charge >= 0.3 is 0 Å². The Labute approximate surface area is 180 Å². The van der Waals surface area contributed by atoms with Gasteiger partial charge in [0, 0.05) is 23.2 Å². The Morgan fingerprint density at radius 1 is 0.844 bits per heavy atom. The van der Waals surface area contributed by atoms with Crippen LogP contribution in [-0.2, 0) is 4.79 Å². The van der Waals surface area contributed by atoms with E-state index in [0.29, 0.717) is 17.7 Å². The fraction of sp³-hybridized carbons (Fsp3) is 0.240. The van der Waals surface area contributed by atoms with E-state index < -0.39 is 46.1 Å². The van der Waals surface area contributed by atoms with Gasteiger partial charge in [-0.05, 0) is 34.2 Å². The first-order valence-corrected chi connectivity index (χ1v) is 10.2. The van der Waals surface area contributed by atoms with E-state index in [-0.39, 0.29) is 17.8 Å². The second kappa shape index (κ2) is 6.89. The van der Waals surface area contributed by atoms with Crippen LogP contribution in [0.15, 0.2) is 42.0 Å². The van der Waals surface area contributed by atoms with Gasteiger partial charge in [-0.2, -0.15) is 0 Å². The molecule has 0 saturated carbocycles. The van der Waals surface area contributed by atoms with Crippen molar-refractivity contribution in [3.63, 3.8) is 0 Å². The molecule has 1 atom stereocenters. The fourth-order valence-corrected chi connectivity index (χ4v) is 4.93. The molecular weight excluding hydrogens is 425 g/mol. The molecule has 5 rings (SSSR count). The molecule has 7 heteroatoms. The van der Waals surface area contributed by atoms with E-state index in [9.17, 15) is 26.7 Å². The summed E-state index contributed by atoms with van der Waals surface area (Å²) >= 11 is 0. The van der Waals surface area contributed by atoms with E-state index in [4.69, 9.17) is 0 Å². The molecule has 2 nitrogen and oxygen atoms in total. The third-order valence-corrected chi connectivity index (χ3v) is 6.27. The van der Waals surface area contributed by atoms with Gasteiger partial charge in [0.15, 0.2) is 29.1 Å². The van der Waals surface area contributed by atoms with Gasteiger partial charge in [0.25, 0.3) is 0 Å². The zero-order valence-electron chi connectivity index (χ0n) is 17.3. The van der Waals surface area contributed by atoms with Crippen molar-refractivity contribution in [3.8, 4) is 0 Å². The number of nitrogens with one attached hydrogen (secondary N) is 1. The van der Waals surface area contributed by atoms with E-state index in [1.54, 1.807) is 12.1 Å². The van der Waals surface area contributed by atoms with Crippen molar-refractivity contribution in [1.82, 2.24) is 0 Å².